The molecule has 0 bridgehead atoms. The van der Waals surface area contributed by atoms with Crippen LogP contribution >= 0.6 is 11.3 Å². The molecule has 2 aromatic carbocycles. The van der Waals surface area contributed by atoms with Crippen molar-refractivity contribution in [2.45, 2.75) is 25.9 Å². The van der Waals surface area contributed by atoms with Gasteiger partial charge in [0, 0.05) is 60.5 Å². The van der Waals surface area contributed by atoms with Crippen LogP contribution in [0.2, 0.25) is 0 Å². The van der Waals surface area contributed by atoms with Crippen LogP contribution in [0.25, 0.3) is 10.6 Å². The second-order valence-electron chi connectivity index (χ2n) is 8.03. The van der Waals surface area contributed by atoms with Gasteiger partial charge in [-0.15, -0.1) is 11.3 Å². The number of nitrogens with zero attached hydrogens (tertiary/aromatic N) is 2. The van der Waals surface area contributed by atoms with Crippen LogP contribution < -0.4 is 10.6 Å². The standard InChI is InChI=1S/C24H28N4O2S/c1-17-16-31-23(25-17)19-8-5-9-21(12-19)26-24(30)27-22-10-11-28(14-20(22)15-29)13-18-6-3-2-4-7-18/h2-9,12,16,20,22,29H,10-11,13-15H2,1H3,(H2,26,27,30)/t20-,22-/m0/s1. The molecule has 2 atom stereocenters. The smallest absolute Gasteiger partial charge is 0.319 e. The average Bonchev–Trinajstić information content (AvgIpc) is 3.22. The normalized spacial score (nSPS) is 19.2. The van der Waals surface area contributed by atoms with E-state index in [4.69, 9.17) is 0 Å². The van der Waals surface area contributed by atoms with Crippen LogP contribution in [-0.2, 0) is 6.54 Å². The molecule has 1 saturated heterocycles. The summed E-state index contributed by atoms with van der Waals surface area (Å²) < 4.78 is 0. The number of amides is 2. The number of hydrogen-bond donors (Lipinski definition) is 3. The van der Waals surface area contributed by atoms with Gasteiger partial charge in [-0.2, -0.15) is 0 Å². The Kier molecular flexibility index (Phi) is 6.96. The quantitative estimate of drug-likeness (QED) is 0.543. The number of aliphatic hydroxyl groups is 1. The van der Waals surface area contributed by atoms with Gasteiger partial charge in [0.05, 0.1) is 0 Å². The van der Waals surface area contributed by atoms with Gasteiger partial charge in [0.1, 0.15) is 5.01 Å². The Morgan fingerprint density at radius 3 is 2.81 bits per heavy atom. The van der Waals surface area contributed by atoms with E-state index in [0.717, 1.165) is 48.0 Å². The zero-order valence-electron chi connectivity index (χ0n) is 17.6. The van der Waals surface area contributed by atoms with Crippen LogP contribution in [0, 0.1) is 12.8 Å². The Balaban J connectivity index is 1.33. The number of likely N-dealkylation sites (tertiary alicyclic amines) is 1. The largest absolute Gasteiger partial charge is 0.396 e. The monoisotopic (exact) mass is 436 g/mol. The Morgan fingerprint density at radius 1 is 1.23 bits per heavy atom. The van der Waals surface area contributed by atoms with Gasteiger partial charge in [0.15, 0.2) is 0 Å². The van der Waals surface area contributed by atoms with Crippen molar-refractivity contribution in [1.82, 2.24) is 15.2 Å². The van der Waals surface area contributed by atoms with E-state index < -0.39 is 0 Å². The first-order chi connectivity index (χ1) is 15.1. The summed E-state index contributed by atoms with van der Waals surface area (Å²) in [5.41, 5.74) is 3.96. The fourth-order valence-corrected chi connectivity index (χ4v) is 4.81. The van der Waals surface area contributed by atoms with E-state index in [1.165, 1.54) is 5.56 Å². The van der Waals surface area contributed by atoms with Gasteiger partial charge < -0.3 is 15.7 Å². The molecule has 3 N–H and O–H groups in total. The molecule has 0 saturated carbocycles. The molecule has 31 heavy (non-hydrogen) atoms. The zero-order chi connectivity index (χ0) is 21.6. The maximum absolute atomic E-state index is 12.6. The van der Waals surface area contributed by atoms with E-state index in [0.29, 0.717) is 0 Å². The third-order valence-electron chi connectivity index (χ3n) is 5.60. The molecule has 1 aromatic heterocycles. The average molecular weight is 437 g/mol. The number of aliphatic hydroxyl groups excluding tert-OH is 1. The summed E-state index contributed by atoms with van der Waals surface area (Å²) in [6.07, 6.45) is 0.809. The lowest BCUT2D eigenvalue weighted by molar-refractivity contribution is 0.0895. The molecule has 2 amide bonds. The maximum atomic E-state index is 12.6. The number of aryl methyl sites for hydroxylation is 1. The lowest BCUT2D eigenvalue weighted by Gasteiger charge is -2.38. The molecule has 2 heterocycles. The number of thiazole rings is 1. The van der Waals surface area contributed by atoms with Crippen LogP contribution in [0.4, 0.5) is 10.5 Å². The molecule has 1 fully saturated rings. The van der Waals surface area contributed by atoms with Crippen molar-refractivity contribution in [2.75, 3.05) is 25.0 Å². The maximum Gasteiger partial charge on any atom is 0.319 e. The van der Waals surface area contributed by atoms with Crippen molar-refractivity contribution < 1.29 is 9.90 Å². The molecule has 0 radical (unpaired) electrons. The van der Waals surface area contributed by atoms with E-state index >= 15 is 0 Å². The fraction of sp³-hybridized carbons (Fsp3) is 0.333. The Morgan fingerprint density at radius 2 is 2.06 bits per heavy atom. The van der Waals surface area contributed by atoms with Crippen molar-refractivity contribution in [3.63, 3.8) is 0 Å². The minimum atomic E-state index is -0.243. The van der Waals surface area contributed by atoms with Crippen LogP contribution in [0.1, 0.15) is 17.7 Å². The third-order valence-corrected chi connectivity index (χ3v) is 6.61. The lowest BCUT2D eigenvalue weighted by atomic mass is 9.92. The summed E-state index contributed by atoms with van der Waals surface area (Å²) in [4.78, 5) is 19.5. The fourth-order valence-electron chi connectivity index (χ4n) is 4.02. The summed E-state index contributed by atoms with van der Waals surface area (Å²) in [6, 6.07) is 17.8. The molecule has 0 aliphatic carbocycles. The van der Waals surface area contributed by atoms with Crippen molar-refractivity contribution in [3.8, 4) is 10.6 Å². The minimum Gasteiger partial charge on any atom is -0.396 e. The van der Waals surface area contributed by atoms with Crippen molar-refractivity contribution in [3.05, 3.63) is 71.2 Å². The molecule has 162 valence electrons. The van der Waals surface area contributed by atoms with Crippen LogP contribution in [0.15, 0.2) is 60.0 Å². The molecule has 0 unspecified atom stereocenters. The van der Waals surface area contributed by atoms with Gasteiger partial charge in [-0.05, 0) is 31.0 Å². The number of aromatic nitrogens is 1. The molecule has 1 aliphatic rings. The number of rotatable bonds is 6. The Labute approximate surface area is 186 Å². The van der Waals surface area contributed by atoms with Crippen LogP contribution in [-0.4, -0.2) is 46.8 Å². The number of nitrogens with one attached hydrogen (secondary N) is 2. The molecule has 6 nitrogen and oxygen atoms in total. The van der Waals surface area contributed by atoms with Gasteiger partial charge in [-0.1, -0.05) is 42.5 Å². The minimum absolute atomic E-state index is 0.00726. The van der Waals surface area contributed by atoms with Gasteiger partial charge in [0.2, 0.25) is 0 Å². The molecule has 1 aliphatic heterocycles. The predicted molar refractivity (Wildman–Crippen MR) is 125 cm³/mol. The molecule has 7 heteroatoms. The highest BCUT2D eigenvalue weighted by atomic mass is 32.1. The van der Waals surface area contributed by atoms with Crippen LogP contribution in [0.5, 0.6) is 0 Å². The predicted octanol–water partition coefficient (Wildman–Crippen LogP) is 4.12. The van der Waals surface area contributed by atoms with Crippen molar-refractivity contribution in [2.24, 2.45) is 5.92 Å². The Hall–Kier alpha value is -2.74. The first kappa shape index (κ1) is 21.5. The molecule has 0 spiro atoms. The van der Waals surface area contributed by atoms with E-state index in [9.17, 15) is 9.90 Å². The highest BCUT2D eigenvalue weighted by molar-refractivity contribution is 7.13. The van der Waals surface area contributed by atoms with E-state index in [2.05, 4.69) is 32.7 Å². The summed E-state index contributed by atoms with van der Waals surface area (Å²) >= 11 is 1.59. The summed E-state index contributed by atoms with van der Waals surface area (Å²) in [5, 5.41) is 18.9. The van der Waals surface area contributed by atoms with Gasteiger partial charge in [0.25, 0.3) is 0 Å². The summed E-state index contributed by atoms with van der Waals surface area (Å²) in [6.45, 7) is 4.52. The third kappa shape index (κ3) is 5.70. The summed E-state index contributed by atoms with van der Waals surface area (Å²) in [5.74, 6) is 0.00726. The zero-order valence-corrected chi connectivity index (χ0v) is 18.4. The SMILES string of the molecule is Cc1csc(-c2cccc(NC(=O)N[C@H]3CCN(Cc4ccccc4)C[C@H]3CO)c2)n1. The highest BCUT2D eigenvalue weighted by Crippen LogP contribution is 2.26. The second kappa shape index (κ2) is 10.0. The van der Waals surface area contributed by atoms with Crippen LogP contribution in [0.3, 0.4) is 0 Å². The number of urea groups is 1. The molecular weight excluding hydrogens is 408 g/mol. The highest BCUT2D eigenvalue weighted by Gasteiger charge is 2.30. The number of benzene rings is 2. The van der Waals surface area contributed by atoms with Crippen molar-refractivity contribution in [1.29, 1.82) is 0 Å². The van der Waals surface area contributed by atoms with E-state index in [1.54, 1.807) is 11.3 Å². The van der Waals surface area contributed by atoms with E-state index in [-0.39, 0.29) is 24.6 Å². The number of carbonyl (C=O) groups excluding carboxylic acids is 1. The van der Waals surface area contributed by atoms with Gasteiger partial charge in [-0.3, -0.25) is 4.90 Å². The second-order valence-corrected chi connectivity index (χ2v) is 8.89. The van der Waals surface area contributed by atoms with E-state index in [1.807, 2.05) is 54.8 Å². The first-order valence-corrected chi connectivity index (χ1v) is 11.5. The summed E-state index contributed by atoms with van der Waals surface area (Å²) in [7, 11) is 0. The number of piperidine rings is 1. The number of hydrogen-bond acceptors (Lipinski definition) is 5. The molecule has 4 rings (SSSR count). The molecular formula is C24H28N4O2S. The topological polar surface area (TPSA) is 77.5 Å². The molecule has 3 aromatic rings. The van der Waals surface area contributed by atoms with Crippen molar-refractivity contribution >= 4 is 23.1 Å². The lowest BCUT2D eigenvalue weighted by Crippen LogP contribution is -2.52. The number of carbonyl (C=O) groups is 1. The van der Waals surface area contributed by atoms with Gasteiger partial charge in [-0.25, -0.2) is 9.78 Å². The Bertz CT molecular complexity index is 1010. The van der Waals surface area contributed by atoms with Gasteiger partial charge >= 0.3 is 6.03 Å². The first-order valence-electron chi connectivity index (χ1n) is 10.6. The number of anilines is 1.